The van der Waals surface area contributed by atoms with E-state index in [9.17, 15) is 9.59 Å². The quantitative estimate of drug-likeness (QED) is 0.718. The number of carbonyl (C=O) groups is 2. The molecule has 0 bridgehead atoms. The van der Waals surface area contributed by atoms with Crippen LogP contribution < -0.4 is 16.0 Å². The maximum atomic E-state index is 13.1. The number of likely N-dealkylation sites (tertiary alicyclic amines) is 1. The number of anilines is 3. The molecule has 2 saturated heterocycles. The largest absolute Gasteiger partial charge is 0.383 e. The van der Waals surface area contributed by atoms with Gasteiger partial charge in [-0.05, 0) is 62.6 Å². The van der Waals surface area contributed by atoms with Crippen LogP contribution in [0.3, 0.4) is 0 Å². The Morgan fingerprint density at radius 2 is 1.88 bits per heavy atom. The van der Waals surface area contributed by atoms with Gasteiger partial charge in [-0.1, -0.05) is 12.1 Å². The van der Waals surface area contributed by atoms with Gasteiger partial charge in [-0.3, -0.25) is 9.59 Å². The summed E-state index contributed by atoms with van der Waals surface area (Å²) in [4.78, 5) is 36.4. The lowest BCUT2D eigenvalue weighted by molar-refractivity contribution is -0.145. The van der Waals surface area contributed by atoms with Gasteiger partial charge >= 0.3 is 11.8 Å². The standard InChI is InChI=1S/C24H32N6O2/c1-17-14-19(16-26-22(17)25)27-23(31)24(32)30-9-4-3-8-21(30)18-6-5-7-20(15-18)29-12-10-28(2)11-13-29/h5-7,14-16,21H,3-4,8-13H2,1-2H3,(H2,25,26)(H,27,31)/t21-/m0/s1. The molecule has 1 aromatic carbocycles. The summed E-state index contributed by atoms with van der Waals surface area (Å²) < 4.78 is 0. The Morgan fingerprint density at radius 3 is 2.62 bits per heavy atom. The van der Waals surface area contributed by atoms with Crippen molar-refractivity contribution in [1.82, 2.24) is 14.8 Å². The molecular weight excluding hydrogens is 404 g/mol. The minimum absolute atomic E-state index is 0.0966. The van der Waals surface area contributed by atoms with Gasteiger partial charge in [0.25, 0.3) is 0 Å². The van der Waals surface area contributed by atoms with Crippen LogP contribution in [0.15, 0.2) is 36.5 Å². The molecule has 1 atom stereocenters. The molecule has 0 radical (unpaired) electrons. The van der Waals surface area contributed by atoms with E-state index in [0.29, 0.717) is 18.1 Å². The molecule has 2 aliphatic heterocycles. The summed E-state index contributed by atoms with van der Waals surface area (Å²) >= 11 is 0. The van der Waals surface area contributed by atoms with Crippen molar-refractivity contribution < 1.29 is 9.59 Å². The molecule has 2 aliphatic rings. The van der Waals surface area contributed by atoms with E-state index in [1.807, 2.05) is 6.92 Å². The van der Waals surface area contributed by atoms with Gasteiger partial charge in [-0.25, -0.2) is 4.98 Å². The number of amides is 2. The number of nitrogens with zero attached hydrogens (tertiary/aromatic N) is 4. The van der Waals surface area contributed by atoms with Gasteiger partial charge < -0.3 is 25.8 Å². The monoisotopic (exact) mass is 436 g/mol. The van der Waals surface area contributed by atoms with Crippen molar-refractivity contribution in [2.45, 2.75) is 32.2 Å². The van der Waals surface area contributed by atoms with E-state index in [1.165, 1.54) is 11.9 Å². The second kappa shape index (κ2) is 9.56. The molecule has 2 aromatic rings. The number of hydrogen-bond acceptors (Lipinski definition) is 6. The Kier molecular flexibility index (Phi) is 6.60. The summed E-state index contributed by atoms with van der Waals surface area (Å²) in [5.74, 6) is -0.738. The number of carbonyl (C=O) groups excluding carboxylic acids is 2. The molecule has 2 fully saturated rings. The molecule has 3 N–H and O–H groups in total. The third kappa shape index (κ3) is 4.85. The second-order valence-corrected chi connectivity index (χ2v) is 8.78. The molecule has 0 saturated carbocycles. The molecule has 8 heteroatoms. The van der Waals surface area contributed by atoms with Crippen LogP contribution in [0.4, 0.5) is 17.2 Å². The van der Waals surface area contributed by atoms with E-state index in [-0.39, 0.29) is 6.04 Å². The van der Waals surface area contributed by atoms with Crippen molar-refractivity contribution >= 4 is 29.0 Å². The maximum absolute atomic E-state index is 13.1. The lowest BCUT2D eigenvalue weighted by atomic mass is 9.94. The van der Waals surface area contributed by atoms with Gasteiger partial charge in [0, 0.05) is 38.4 Å². The number of likely N-dealkylation sites (N-methyl/N-ethyl adjacent to an activating group) is 1. The summed E-state index contributed by atoms with van der Waals surface area (Å²) in [7, 11) is 2.14. The number of rotatable bonds is 3. The number of nitrogens with one attached hydrogen (secondary N) is 1. The van der Waals surface area contributed by atoms with Crippen LogP contribution >= 0.6 is 0 Å². The molecule has 4 rings (SSSR count). The number of nitrogen functional groups attached to an aromatic ring is 1. The third-order valence-corrected chi connectivity index (χ3v) is 6.46. The van der Waals surface area contributed by atoms with Crippen LogP contribution in [0, 0.1) is 6.92 Å². The fraction of sp³-hybridized carbons (Fsp3) is 0.458. The fourth-order valence-electron chi connectivity index (χ4n) is 4.48. The first kappa shape index (κ1) is 22.1. The SMILES string of the molecule is Cc1cc(NC(=O)C(=O)N2CCCC[C@H]2c2cccc(N3CCN(C)CC3)c2)cnc1N. The van der Waals surface area contributed by atoms with Gasteiger partial charge in [0.2, 0.25) is 0 Å². The normalized spacial score (nSPS) is 19.6. The maximum Gasteiger partial charge on any atom is 0.313 e. The number of hydrogen-bond donors (Lipinski definition) is 2. The average molecular weight is 437 g/mol. The molecule has 3 heterocycles. The minimum Gasteiger partial charge on any atom is -0.383 e. The molecule has 1 aromatic heterocycles. The molecule has 0 unspecified atom stereocenters. The van der Waals surface area contributed by atoms with Crippen molar-refractivity contribution in [1.29, 1.82) is 0 Å². The van der Waals surface area contributed by atoms with Crippen LogP contribution in [-0.2, 0) is 9.59 Å². The molecule has 170 valence electrons. The van der Waals surface area contributed by atoms with Crippen LogP contribution in [0.5, 0.6) is 0 Å². The third-order valence-electron chi connectivity index (χ3n) is 6.46. The van der Waals surface area contributed by atoms with Crippen molar-refractivity contribution in [2.24, 2.45) is 0 Å². The van der Waals surface area contributed by atoms with Crippen molar-refractivity contribution in [3.8, 4) is 0 Å². The van der Waals surface area contributed by atoms with Crippen LogP contribution in [0.2, 0.25) is 0 Å². The number of piperidine rings is 1. The van der Waals surface area contributed by atoms with Gasteiger partial charge in [0.05, 0.1) is 17.9 Å². The average Bonchev–Trinajstić information content (AvgIpc) is 2.81. The lowest BCUT2D eigenvalue weighted by Crippen LogP contribution is -2.45. The molecule has 8 nitrogen and oxygen atoms in total. The first-order valence-electron chi connectivity index (χ1n) is 11.3. The number of pyridine rings is 1. The zero-order valence-electron chi connectivity index (χ0n) is 18.9. The molecule has 0 spiro atoms. The summed E-state index contributed by atoms with van der Waals surface area (Å²) in [6, 6.07) is 10.1. The number of aromatic nitrogens is 1. The number of piperazine rings is 1. The summed E-state index contributed by atoms with van der Waals surface area (Å²) in [5.41, 5.74) is 9.25. The summed E-state index contributed by atoms with van der Waals surface area (Å²) in [6.07, 6.45) is 4.26. The van der Waals surface area contributed by atoms with Gasteiger partial charge in [0.15, 0.2) is 0 Å². The van der Waals surface area contributed by atoms with E-state index in [2.05, 4.69) is 51.4 Å². The highest BCUT2D eigenvalue weighted by Gasteiger charge is 2.32. The lowest BCUT2D eigenvalue weighted by Gasteiger charge is -2.37. The Balaban J connectivity index is 1.50. The minimum atomic E-state index is -0.641. The number of benzene rings is 1. The van der Waals surface area contributed by atoms with E-state index in [1.54, 1.807) is 11.0 Å². The molecule has 2 amide bonds. The molecular formula is C24H32N6O2. The van der Waals surface area contributed by atoms with E-state index < -0.39 is 11.8 Å². The Hall–Kier alpha value is -3.13. The smallest absolute Gasteiger partial charge is 0.313 e. The number of nitrogens with two attached hydrogens (primary N) is 1. The summed E-state index contributed by atoms with van der Waals surface area (Å²) in [6.45, 7) is 6.45. The van der Waals surface area contributed by atoms with Crippen LogP contribution in [0.1, 0.15) is 36.4 Å². The fourth-order valence-corrected chi connectivity index (χ4v) is 4.48. The zero-order valence-corrected chi connectivity index (χ0v) is 18.9. The van der Waals surface area contributed by atoms with E-state index in [4.69, 9.17) is 5.73 Å². The Morgan fingerprint density at radius 1 is 1.09 bits per heavy atom. The van der Waals surface area contributed by atoms with Crippen molar-refractivity contribution in [3.63, 3.8) is 0 Å². The number of aryl methyl sites for hydroxylation is 1. The summed E-state index contributed by atoms with van der Waals surface area (Å²) in [5, 5.41) is 2.69. The van der Waals surface area contributed by atoms with E-state index in [0.717, 1.165) is 56.6 Å². The second-order valence-electron chi connectivity index (χ2n) is 8.78. The highest BCUT2D eigenvalue weighted by atomic mass is 16.2. The van der Waals surface area contributed by atoms with Crippen LogP contribution in [0.25, 0.3) is 0 Å². The van der Waals surface area contributed by atoms with E-state index >= 15 is 0 Å². The highest BCUT2D eigenvalue weighted by Crippen LogP contribution is 2.33. The van der Waals surface area contributed by atoms with Gasteiger partial charge in [-0.15, -0.1) is 0 Å². The Bertz CT molecular complexity index is 986. The first-order valence-corrected chi connectivity index (χ1v) is 11.3. The molecule has 0 aliphatic carbocycles. The first-order chi connectivity index (χ1) is 15.4. The van der Waals surface area contributed by atoms with Gasteiger partial charge in [-0.2, -0.15) is 0 Å². The van der Waals surface area contributed by atoms with Crippen molar-refractivity contribution in [3.05, 3.63) is 47.7 Å². The zero-order chi connectivity index (χ0) is 22.7. The molecule has 32 heavy (non-hydrogen) atoms. The highest BCUT2D eigenvalue weighted by molar-refractivity contribution is 6.39. The Labute approximate surface area is 189 Å². The van der Waals surface area contributed by atoms with Crippen LogP contribution in [-0.4, -0.2) is 66.4 Å². The van der Waals surface area contributed by atoms with Gasteiger partial charge in [0.1, 0.15) is 5.82 Å². The van der Waals surface area contributed by atoms with Crippen molar-refractivity contribution in [2.75, 3.05) is 55.7 Å². The predicted octanol–water partition coefficient (Wildman–Crippen LogP) is 2.42. The topological polar surface area (TPSA) is 94.8 Å². The predicted molar refractivity (Wildman–Crippen MR) is 126 cm³/mol.